The van der Waals surface area contributed by atoms with Crippen LogP contribution in [-0.4, -0.2) is 44.4 Å². The van der Waals surface area contributed by atoms with Crippen LogP contribution in [0.15, 0.2) is 54.9 Å². The fourth-order valence-electron chi connectivity index (χ4n) is 4.88. The average Bonchev–Trinajstić information content (AvgIpc) is 3.61. The molecule has 3 N–H and O–H groups in total. The van der Waals surface area contributed by atoms with Crippen LogP contribution in [0.25, 0.3) is 22.3 Å². The Bertz CT molecular complexity index is 1290. The third-order valence-corrected chi connectivity index (χ3v) is 7.02. The predicted octanol–water partition coefficient (Wildman–Crippen LogP) is 5.41. The Morgan fingerprint density at radius 2 is 1.86 bits per heavy atom. The molecular formula is C28H34N6O2. The molecule has 0 amide bonds. The van der Waals surface area contributed by atoms with Gasteiger partial charge < -0.3 is 25.0 Å². The second kappa shape index (κ2) is 11.0. The van der Waals surface area contributed by atoms with Gasteiger partial charge in [0.15, 0.2) is 17.0 Å². The second-order valence-corrected chi connectivity index (χ2v) is 9.34. The van der Waals surface area contributed by atoms with Gasteiger partial charge in [0.2, 0.25) is 5.95 Å². The van der Waals surface area contributed by atoms with Gasteiger partial charge in [0.1, 0.15) is 5.75 Å². The molecule has 0 unspecified atom stereocenters. The van der Waals surface area contributed by atoms with Crippen molar-refractivity contribution in [3.63, 3.8) is 0 Å². The van der Waals surface area contributed by atoms with Crippen molar-refractivity contribution in [1.82, 2.24) is 19.5 Å². The Labute approximate surface area is 211 Å². The molecule has 1 fully saturated rings. The van der Waals surface area contributed by atoms with Gasteiger partial charge in [-0.2, -0.15) is 9.97 Å². The summed E-state index contributed by atoms with van der Waals surface area (Å²) in [5.74, 6) is 2.07. The van der Waals surface area contributed by atoms with Crippen LogP contribution in [0.3, 0.4) is 0 Å². The number of aromatic nitrogens is 4. The van der Waals surface area contributed by atoms with Gasteiger partial charge >= 0.3 is 0 Å². The van der Waals surface area contributed by atoms with E-state index in [4.69, 9.17) is 19.7 Å². The molecule has 0 saturated heterocycles. The van der Waals surface area contributed by atoms with Crippen LogP contribution in [0.2, 0.25) is 0 Å². The van der Waals surface area contributed by atoms with E-state index in [0.29, 0.717) is 24.4 Å². The van der Waals surface area contributed by atoms with Crippen molar-refractivity contribution in [2.75, 3.05) is 24.4 Å². The van der Waals surface area contributed by atoms with E-state index in [9.17, 15) is 5.11 Å². The molecule has 0 spiro atoms. The van der Waals surface area contributed by atoms with E-state index in [1.807, 2.05) is 31.5 Å². The van der Waals surface area contributed by atoms with Crippen LogP contribution in [0.4, 0.5) is 11.8 Å². The zero-order valence-electron chi connectivity index (χ0n) is 20.9. The first-order valence-electron chi connectivity index (χ1n) is 12.8. The fourth-order valence-corrected chi connectivity index (χ4v) is 4.88. The molecule has 2 aromatic heterocycles. The van der Waals surface area contributed by atoms with Crippen LogP contribution in [0.1, 0.15) is 50.6 Å². The highest BCUT2D eigenvalue weighted by Crippen LogP contribution is 2.33. The highest BCUT2D eigenvalue weighted by Gasteiger charge is 2.22. The topological polar surface area (TPSA) is 97.1 Å². The van der Waals surface area contributed by atoms with E-state index in [0.717, 1.165) is 52.9 Å². The van der Waals surface area contributed by atoms with Gasteiger partial charge in [-0.3, -0.25) is 0 Å². The van der Waals surface area contributed by atoms with Gasteiger partial charge in [0.05, 0.1) is 26.1 Å². The fraction of sp³-hybridized carbons (Fsp3) is 0.393. The highest BCUT2D eigenvalue weighted by molar-refractivity contribution is 5.84. The summed E-state index contributed by atoms with van der Waals surface area (Å²) in [5, 5.41) is 16.5. The molecule has 0 radical (unpaired) electrons. The Kier molecular flexibility index (Phi) is 7.32. The molecule has 36 heavy (non-hydrogen) atoms. The number of benzene rings is 2. The Morgan fingerprint density at radius 3 is 2.58 bits per heavy atom. The summed E-state index contributed by atoms with van der Waals surface area (Å²) in [4.78, 5) is 14.2. The number of ether oxygens (including phenoxy) is 1. The monoisotopic (exact) mass is 486 g/mol. The normalized spacial score (nSPS) is 14.8. The van der Waals surface area contributed by atoms with Crippen molar-refractivity contribution < 1.29 is 9.84 Å². The van der Waals surface area contributed by atoms with Crippen LogP contribution in [0, 0.1) is 0 Å². The first kappa shape index (κ1) is 24.1. The lowest BCUT2D eigenvalue weighted by atomic mass is 10.0. The van der Waals surface area contributed by atoms with Crippen LogP contribution < -0.4 is 15.4 Å². The number of nitrogens with one attached hydrogen (secondary N) is 2. The maximum Gasteiger partial charge on any atom is 0.227 e. The number of nitrogens with zero attached hydrogens (tertiary/aromatic N) is 4. The number of rotatable bonds is 10. The zero-order chi connectivity index (χ0) is 24.9. The van der Waals surface area contributed by atoms with Crippen LogP contribution in [0.5, 0.6) is 5.75 Å². The molecule has 4 aromatic rings. The molecule has 0 aliphatic heterocycles. The van der Waals surface area contributed by atoms with Crippen molar-refractivity contribution in [2.45, 2.75) is 57.7 Å². The first-order chi connectivity index (χ1) is 17.7. The quantitative estimate of drug-likeness (QED) is 0.276. The summed E-state index contributed by atoms with van der Waals surface area (Å²) in [7, 11) is 1.69. The zero-order valence-corrected chi connectivity index (χ0v) is 20.9. The number of fused-ring (bicyclic) bond motifs is 1. The molecule has 8 nitrogen and oxygen atoms in total. The Hall–Kier alpha value is -3.65. The largest absolute Gasteiger partial charge is 0.496 e. The molecule has 1 saturated carbocycles. The van der Waals surface area contributed by atoms with Crippen LogP contribution >= 0.6 is 0 Å². The van der Waals surface area contributed by atoms with Crippen molar-refractivity contribution in [3.8, 4) is 16.9 Å². The molecule has 1 aliphatic rings. The highest BCUT2D eigenvalue weighted by atomic mass is 16.5. The SMILES string of the molecule is CC[C@H](CO)Nc1nc(NCc2ccc(-c3ccccc3OC)cc2)c2ncn(C3CCCC3)c2n1. The lowest BCUT2D eigenvalue weighted by molar-refractivity contribution is 0.271. The molecule has 0 bridgehead atoms. The summed E-state index contributed by atoms with van der Waals surface area (Å²) in [5.41, 5.74) is 4.92. The van der Waals surface area contributed by atoms with Crippen molar-refractivity contribution in [2.24, 2.45) is 0 Å². The average molecular weight is 487 g/mol. The van der Waals surface area contributed by atoms with Gasteiger partial charge in [0, 0.05) is 18.2 Å². The molecule has 188 valence electrons. The maximum absolute atomic E-state index is 9.69. The number of methoxy groups -OCH3 is 1. The minimum absolute atomic E-state index is 0.0289. The summed E-state index contributed by atoms with van der Waals surface area (Å²) < 4.78 is 7.71. The summed E-state index contributed by atoms with van der Waals surface area (Å²) in [6.45, 7) is 2.66. The van der Waals surface area contributed by atoms with E-state index < -0.39 is 0 Å². The van der Waals surface area contributed by atoms with Crippen molar-refractivity contribution in [1.29, 1.82) is 0 Å². The van der Waals surface area contributed by atoms with Gasteiger partial charge in [-0.25, -0.2) is 4.98 Å². The van der Waals surface area contributed by atoms with Gasteiger partial charge in [-0.05, 0) is 36.5 Å². The standard InChI is InChI=1S/C28H34N6O2/c1-3-21(17-35)31-28-32-26(25-27(33-28)34(18-30-25)22-8-4-5-9-22)29-16-19-12-14-20(15-13-19)23-10-6-7-11-24(23)36-2/h6-7,10-15,18,21-22,35H,3-5,8-9,16-17H2,1-2H3,(H2,29,31,32,33)/t21-/m1/s1. The number of hydrogen-bond donors (Lipinski definition) is 3. The first-order valence-corrected chi connectivity index (χ1v) is 12.8. The summed E-state index contributed by atoms with van der Waals surface area (Å²) in [6.07, 6.45) is 7.44. The number of para-hydroxylation sites is 1. The smallest absolute Gasteiger partial charge is 0.227 e. The molecule has 2 heterocycles. The van der Waals surface area contributed by atoms with Crippen molar-refractivity contribution in [3.05, 3.63) is 60.4 Å². The van der Waals surface area contributed by atoms with E-state index >= 15 is 0 Å². The second-order valence-electron chi connectivity index (χ2n) is 9.34. The van der Waals surface area contributed by atoms with Crippen molar-refractivity contribution >= 4 is 22.9 Å². The third-order valence-electron chi connectivity index (χ3n) is 7.02. The molecular weight excluding hydrogens is 452 g/mol. The van der Waals surface area contributed by atoms with E-state index in [2.05, 4.69) is 45.5 Å². The minimum Gasteiger partial charge on any atom is -0.496 e. The van der Waals surface area contributed by atoms with Gasteiger partial charge in [-0.15, -0.1) is 0 Å². The maximum atomic E-state index is 9.69. The molecule has 2 aromatic carbocycles. The van der Waals surface area contributed by atoms with Gasteiger partial charge in [-0.1, -0.05) is 62.2 Å². The van der Waals surface area contributed by atoms with E-state index in [-0.39, 0.29) is 12.6 Å². The van der Waals surface area contributed by atoms with E-state index in [1.54, 1.807) is 7.11 Å². The summed E-state index contributed by atoms with van der Waals surface area (Å²) >= 11 is 0. The predicted molar refractivity (Wildman–Crippen MR) is 143 cm³/mol. The van der Waals surface area contributed by atoms with E-state index in [1.165, 1.54) is 12.8 Å². The van der Waals surface area contributed by atoms with Gasteiger partial charge in [0.25, 0.3) is 0 Å². The molecule has 8 heteroatoms. The lowest BCUT2D eigenvalue weighted by Gasteiger charge is -2.17. The summed E-state index contributed by atoms with van der Waals surface area (Å²) in [6, 6.07) is 16.8. The number of aliphatic hydroxyl groups is 1. The number of aliphatic hydroxyl groups excluding tert-OH is 1. The minimum atomic E-state index is -0.0966. The Balaban J connectivity index is 1.40. The molecule has 5 rings (SSSR count). The van der Waals surface area contributed by atoms with Crippen LogP contribution in [-0.2, 0) is 6.54 Å². The third kappa shape index (κ3) is 4.99. The molecule has 1 atom stereocenters. The number of imidazole rings is 1. The molecule has 1 aliphatic carbocycles. The lowest BCUT2D eigenvalue weighted by Crippen LogP contribution is -2.24. The number of anilines is 2. The Morgan fingerprint density at radius 1 is 1.08 bits per heavy atom. The number of hydrogen-bond acceptors (Lipinski definition) is 7.